The molecule has 3 aromatic rings. The van der Waals surface area contributed by atoms with Crippen LogP contribution in [0.4, 0.5) is 0 Å². The number of fused-ring (bicyclic) bond motifs is 1. The lowest BCUT2D eigenvalue weighted by Gasteiger charge is -2.55. The Labute approximate surface area is 272 Å². The minimum absolute atomic E-state index is 0.0236. The average Bonchev–Trinajstić information content (AvgIpc) is 3.03. The lowest BCUT2D eigenvalue weighted by molar-refractivity contribution is -0.205. The molecule has 46 heavy (non-hydrogen) atoms. The van der Waals surface area contributed by atoms with Crippen LogP contribution in [0.15, 0.2) is 96.4 Å². The highest BCUT2D eigenvalue weighted by atomic mass is 32.2. The molecule has 0 bridgehead atoms. The zero-order valence-corrected chi connectivity index (χ0v) is 27.2. The summed E-state index contributed by atoms with van der Waals surface area (Å²) in [5.41, 5.74) is 2.64. The second-order valence-corrected chi connectivity index (χ2v) is 13.1. The number of nitrogens with zero attached hydrogens (tertiary/aromatic N) is 4. The quantitative estimate of drug-likeness (QED) is 0.168. The largest absolute Gasteiger partial charge is 0.524 e. The molecule has 2 fully saturated rings. The number of thioether (sulfide) groups is 1. The van der Waals surface area contributed by atoms with Gasteiger partial charge in [-0.15, -0.1) is 18.3 Å². The Morgan fingerprint density at radius 3 is 2.39 bits per heavy atom. The Hall–Kier alpha value is -3.93. The average molecular weight is 665 g/mol. The lowest BCUT2D eigenvalue weighted by Crippen LogP contribution is -2.75. The first-order valence-corrected chi connectivity index (χ1v) is 17.6. The van der Waals surface area contributed by atoms with Gasteiger partial charge in [-0.05, 0) is 47.6 Å². The molecule has 2 heterocycles. The molecule has 0 aliphatic carbocycles. The maximum atomic E-state index is 14.2. The van der Waals surface area contributed by atoms with Crippen molar-refractivity contribution in [3.05, 3.63) is 108 Å². The molecule has 13 heteroatoms. The molecule has 0 aromatic heterocycles. The van der Waals surface area contributed by atoms with Crippen molar-refractivity contribution in [3.63, 3.8) is 0 Å². The van der Waals surface area contributed by atoms with Crippen molar-refractivity contribution >= 4 is 37.3 Å². The Morgan fingerprint density at radius 1 is 1.02 bits per heavy atom. The molecule has 0 unspecified atom stereocenters. The predicted molar refractivity (Wildman–Crippen MR) is 174 cm³/mol. The van der Waals surface area contributed by atoms with Crippen molar-refractivity contribution in [1.82, 2.24) is 19.8 Å². The molecular weight excluding hydrogens is 627 g/mol. The SMILES string of the molecule is C=CCN1CC(=O)N2[C@@H](Cc3ccc(OP(=O)(O)O)cc3)C(=O)N(Cc3ccccc3SC)C[C@@H]2N1C(=O)CCc1ccccc1. The summed E-state index contributed by atoms with van der Waals surface area (Å²) < 4.78 is 16.0. The van der Waals surface area contributed by atoms with Gasteiger partial charge in [-0.1, -0.05) is 66.7 Å². The summed E-state index contributed by atoms with van der Waals surface area (Å²) in [6, 6.07) is 22.7. The van der Waals surface area contributed by atoms with E-state index in [2.05, 4.69) is 11.1 Å². The van der Waals surface area contributed by atoms with Gasteiger partial charge in [-0.3, -0.25) is 24.2 Å². The fourth-order valence-corrected chi connectivity index (χ4v) is 7.01. The van der Waals surface area contributed by atoms with Crippen LogP contribution in [0.2, 0.25) is 0 Å². The van der Waals surface area contributed by atoms with Crippen LogP contribution >= 0.6 is 19.6 Å². The normalized spacial score (nSPS) is 18.8. The molecule has 2 N–H and O–H groups in total. The molecule has 0 radical (unpaired) electrons. The van der Waals surface area contributed by atoms with Gasteiger partial charge in [0.05, 0.1) is 13.1 Å². The van der Waals surface area contributed by atoms with Gasteiger partial charge in [0, 0.05) is 30.8 Å². The van der Waals surface area contributed by atoms with E-state index in [1.807, 2.05) is 60.9 Å². The van der Waals surface area contributed by atoms with E-state index in [0.29, 0.717) is 18.5 Å². The number of hydrogen-bond acceptors (Lipinski definition) is 7. The number of amides is 3. The summed E-state index contributed by atoms with van der Waals surface area (Å²) in [6.45, 7) is 4.46. The summed E-state index contributed by atoms with van der Waals surface area (Å²) in [5, 5.41) is 3.34. The number of phosphoric acid groups is 1. The summed E-state index contributed by atoms with van der Waals surface area (Å²) in [7, 11) is -4.74. The zero-order chi connectivity index (χ0) is 32.8. The van der Waals surface area contributed by atoms with Crippen LogP contribution in [-0.2, 0) is 38.3 Å². The van der Waals surface area contributed by atoms with Crippen LogP contribution in [0.3, 0.4) is 0 Å². The molecule has 242 valence electrons. The summed E-state index contributed by atoms with van der Waals surface area (Å²) in [6.07, 6.45) is 3.75. The van der Waals surface area contributed by atoms with Gasteiger partial charge in [0.1, 0.15) is 18.0 Å². The van der Waals surface area contributed by atoms with Gasteiger partial charge in [-0.2, -0.15) is 0 Å². The Balaban J connectivity index is 1.49. The maximum absolute atomic E-state index is 14.2. The standard InChI is InChI=1S/C33H37N4O7PS/c1-3-19-35-23-32(39)36-28(20-25-13-16-27(17-14-25)44-45(41,42)43)33(40)34(21-26-11-7-8-12-29(26)46-2)22-30(36)37(35)31(38)18-15-24-9-5-4-6-10-24/h3-14,16-17,28,30H,1,15,18-23H2,2H3,(H2,41,42,43)/t28-,30-/m0/s1. The topological polar surface area (TPSA) is 131 Å². The molecule has 2 atom stereocenters. The number of hydrogen-bond donors (Lipinski definition) is 2. The van der Waals surface area contributed by atoms with Crippen LogP contribution in [0, 0.1) is 0 Å². The van der Waals surface area contributed by atoms with Crippen molar-refractivity contribution in [3.8, 4) is 5.75 Å². The van der Waals surface area contributed by atoms with Crippen molar-refractivity contribution in [1.29, 1.82) is 0 Å². The first kappa shape index (κ1) is 33.4. The monoisotopic (exact) mass is 664 g/mol. The van der Waals surface area contributed by atoms with Crippen LogP contribution < -0.4 is 4.52 Å². The smallest absolute Gasteiger partial charge is 0.404 e. The third-order valence-electron chi connectivity index (χ3n) is 8.03. The van der Waals surface area contributed by atoms with Crippen LogP contribution in [-0.4, -0.2) is 85.4 Å². The highest BCUT2D eigenvalue weighted by Crippen LogP contribution is 2.38. The predicted octanol–water partition coefficient (Wildman–Crippen LogP) is 3.87. The van der Waals surface area contributed by atoms with E-state index in [4.69, 9.17) is 9.79 Å². The Morgan fingerprint density at radius 2 is 1.72 bits per heavy atom. The third kappa shape index (κ3) is 7.89. The second-order valence-electron chi connectivity index (χ2n) is 11.1. The third-order valence-corrected chi connectivity index (χ3v) is 9.31. The van der Waals surface area contributed by atoms with E-state index in [1.54, 1.807) is 49.8 Å². The molecule has 3 aromatic carbocycles. The van der Waals surface area contributed by atoms with Crippen molar-refractivity contribution in [2.24, 2.45) is 0 Å². The summed E-state index contributed by atoms with van der Waals surface area (Å²) in [5.74, 6) is -0.706. The van der Waals surface area contributed by atoms with Gasteiger partial charge in [-0.25, -0.2) is 14.6 Å². The summed E-state index contributed by atoms with van der Waals surface area (Å²) >= 11 is 1.58. The number of rotatable bonds is 12. The Bertz CT molecular complexity index is 1620. The molecule has 2 aliphatic heterocycles. The number of benzene rings is 3. The van der Waals surface area contributed by atoms with E-state index < -0.39 is 20.0 Å². The van der Waals surface area contributed by atoms with Crippen LogP contribution in [0.1, 0.15) is 23.1 Å². The molecule has 11 nitrogen and oxygen atoms in total. The molecule has 3 amide bonds. The van der Waals surface area contributed by atoms with Crippen LogP contribution in [0.5, 0.6) is 5.75 Å². The minimum atomic E-state index is -4.74. The van der Waals surface area contributed by atoms with E-state index in [1.165, 1.54) is 12.1 Å². The van der Waals surface area contributed by atoms with Gasteiger partial charge >= 0.3 is 7.82 Å². The first-order valence-electron chi connectivity index (χ1n) is 14.9. The van der Waals surface area contributed by atoms with E-state index in [-0.39, 0.29) is 55.9 Å². The molecule has 0 saturated carbocycles. The number of aryl methyl sites for hydroxylation is 1. The van der Waals surface area contributed by atoms with Gasteiger partial charge < -0.3 is 14.3 Å². The second kappa shape index (κ2) is 14.7. The minimum Gasteiger partial charge on any atom is -0.404 e. The van der Waals surface area contributed by atoms with E-state index >= 15 is 0 Å². The molecule has 5 rings (SSSR count). The number of piperazine rings is 1. The molecule has 0 spiro atoms. The van der Waals surface area contributed by atoms with Crippen molar-refractivity contribution in [2.75, 3.05) is 25.9 Å². The molecule has 2 saturated heterocycles. The van der Waals surface area contributed by atoms with Gasteiger partial charge in [0.25, 0.3) is 0 Å². The molecule has 2 aliphatic rings. The van der Waals surface area contributed by atoms with E-state index in [9.17, 15) is 18.9 Å². The number of carbonyl (C=O) groups is 3. The fourth-order valence-electron chi connectivity index (χ4n) is 6.00. The van der Waals surface area contributed by atoms with Crippen LogP contribution in [0.25, 0.3) is 0 Å². The van der Waals surface area contributed by atoms with Gasteiger partial charge in [0.2, 0.25) is 17.7 Å². The lowest BCUT2D eigenvalue weighted by atomic mass is 9.98. The molecular formula is C33H37N4O7PS. The maximum Gasteiger partial charge on any atom is 0.524 e. The Kier molecular flexibility index (Phi) is 10.7. The van der Waals surface area contributed by atoms with Crippen molar-refractivity contribution in [2.45, 2.75) is 42.9 Å². The first-order chi connectivity index (χ1) is 22.1. The highest BCUT2D eigenvalue weighted by molar-refractivity contribution is 7.98. The highest BCUT2D eigenvalue weighted by Gasteiger charge is 2.51. The van der Waals surface area contributed by atoms with Gasteiger partial charge in [0.15, 0.2) is 0 Å². The van der Waals surface area contributed by atoms with E-state index in [0.717, 1.165) is 16.0 Å². The number of phosphoric ester groups is 1. The zero-order valence-electron chi connectivity index (χ0n) is 25.5. The van der Waals surface area contributed by atoms with Crippen molar-refractivity contribution < 1.29 is 33.3 Å². The fraction of sp³-hybridized carbons (Fsp3) is 0.303. The summed E-state index contributed by atoms with van der Waals surface area (Å²) in [4.78, 5) is 64.7. The number of carbonyl (C=O) groups excluding carboxylic acids is 3. The number of hydrazine groups is 1.